The van der Waals surface area contributed by atoms with Crippen LogP contribution in [0, 0.1) is 11.8 Å². The van der Waals surface area contributed by atoms with Crippen LogP contribution in [0.25, 0.3) is 0 Å². The van der Waals surface area contributed by atoms with E-state index in [0.717, 1.165) is 37.5 Å². The third kappa shape index (κ3) is 3.06. The zero-order chi connectivity index (χ0) is 12.5. The van der Waals surface area contributed by atoms with Crippen LogP contribution in [-0.2, 0) is 13.0 Å². The first-order valence-corrected chi connectivity index (χ1v) is 6.64. The van der Waals surface area contributed by atoms with Gasteiger partial charge in [0, 0.05) is 18.5 Å². The highest BCUT2D eigenvalue weighted by Crippen LogP contribution is 2.34. The van der Waals surface area contributed by atoms with Crippen LogP contribution >= 0.6 is 0 Å². The lowest BCUT2D eigenvalue weighted by molar-refractivity contribution is 0.386. The van der Waals surface area contributed by atoms with Crippen LogP contribution in [0.3, 0.4) is 0 Å². The topological polar surface area (TPSA) is 56.7 Å². The van der Waals surface area contributed by atoms with Gasteiger partial charge in [-0.1, -0.05) is 20.8 Å². The van der Waals surface area contributed by atoms with Gasteiger partial charge < -0.3 is 5.73 Å². The Morgan fingerprint density at radius 2 is 2.35 bits per heavy atom. The first-order valence-electron chi connectivity index (χ1n) is 6.64. The monoisotopic (exact) mass is 236 g/mol. The maximum atomic E-state index is 6.46. The van der Waals surface area contributed by atoms with Crippen LogP contribution in [0.2, 0.25) is 0 Å². The molecule has 17 heavy (non-hydrogen) atoms. The number of aromatic nitrogens is 3. The van der Waals surface area contributed by atoms with Gasteiger partial charge in [0.2, 0.25) is 0 Å². The van der Waals surface area contributed by atoms with E-state index in [0.29, 0.717) is 5.92 Å². The van der Waals surface area contributed by atoms with E-state index in [1.54, 1.807) is 6.33 Å². The van der Waals surface area contributed by atoms with Crippen LogP contribution in [0.1, 0.15) is 45.9 Å². The minimum absolute atomic E-state index is 0.0544. The second-order valence-corrected chi connectivity index (χ2v) is 6.14. The van der Waals surface area contributed by atoms with Crippen molar-refractivity contribution in [2.24, 2.45) is 17.6 Å². The Balaban J connectivity index is 2.06. The molecule has 0 saturated heterocycles. The number of hydrogen-bond acceptors (Lipinski definition) is 3. The fraction of sp³-hybridized carbons (Fsp3) is 0.846. The van der Waals surface area contributed by atoms with E-state index in [2.05, 4.69) is 30.9 Å². The maximum Gasteiger partial charge on any atom is 0.138 e. The SMILES string of the molecule is CC(C)Cn1ncnc1CC1(N)CCC(C)C1. The Hall–Kier alpha value is -0.900. The second-order valence-electron chi connectivity index (χ2n) is 6.14. The van der Waals surface area contributed by atoms with Gasteiger partial charge in [-0.25, -0.2) is 9.67 Å². The Bertz CT molecular complexity index is 371. The number of nitrogens with two attached hydrogens (primary N) is 1. The molecule has 1 aliphatic rings. The Morgan fingerprint density at radius 3 is 2.94 bits per heavy atom. The molecule has 4 heteroatoms. The molecular formula is C13H24N4. The molecule has 0 aromatic carbocycles. The summed E-state index contributed by atoms with van der Waals surface area (Å²) < 4.78 is 2.02. The number of hydrogen-bond donors (Lipinski definition) is 1. The van der Waals surface area contributed by atoms with E-state index >= 15 is 0 Å². The third-order valence-electron chi connectivity index (χ3n) is 3.63. The van der Waals surface area contributed by atoms with Gasteiger partial charge in [0.1, 0.15) is 12.2 Å². The fourth-order valence-corrected chi connectivity index (χ4v) is 2.83. The molecule has 96 valence electrons. The van der Waals surface area contributed by atoms with Crippen LogP contribution in [0.5, 0.6) is 0 Å². The quantitative estimate of drug-likeness (QED) is 0.870. The zero-order valence-corrected chi connectivity index (χ0v) is 11.2. The Labute approximate surface area is 104 Å². The van der Waals surface area contributed by atoms with Crippen molar-refractivity contribution < 1.29 is 0 Å². The molecule has 0 aliphatic heterocycles. The molecule has 1 aromatic heterocycles. The molecule has 1 aliphatic carbocycles. The minimum Gasteiger partial charge on any atom is -0.325 e. The predicted octanol–water partition coefficient (Wildman–Crippen LogP) is 1.99. The van der Waals surface area contributed by atoms with Gasteiger partial charge >= 0.3 is 0 Å². The molecule has 2 rings (SSSR count). The van der Waals surface area contributed by atoms with Crippen molar-refractivity contribution in [2.75, 3.05) is 0 Å². The molecular weight excluding hydrogens is 212 g/mol. The maximum absolute atomic E-state index is 6.46. The van der Waals surface area contributed by atoms with Gasteiger partial charge in [0.25, 0.3) is 0 Å². The predicted molar refractivity (Wildman–Crippen MR) is 68.5 cm³/mol. The largest absolute Gasteiger partial charge is 0.325 e. The Kier molecular flexibility index (Phi) is 3.52. The number of nitrogens with zero attached hydrogens (tertiary/aromatic N) is 3. The van der Waals surface area contributed by atoms with Gasteiger partial charge in [-0.05, 0) is 31.1 Å². The summed E-state index contributed by atoms with van der Waals surface area (Å²) in [7, 11) is 0. The molecule has 4 nitrogen and oxygen atoms in total. The lowest BCUT2D eigenvalue weighted by atomic mass is 9.93. The lowest BCUT2D eigenvalue weighted by Gasteiger charge is -2.23. The van der Waals surface area contributed by atoms with E-state index in [1.807, 2.05) is 4.68 Å². The highest BCUT2D eigenvalue weighted by atomic mass is 15.3. The minimum atomic E-state index is -0.0544. The van der Waals surface area contributed by atoms with Gasteiger partial charge in [-0.2, -0.15) is 5.10 Å². The summed E-state index contributed by atoms with van der Waals surface area (Å²) in [5, 5.41) is 4.30. The highest BCUT2D eigenvalue weighted by Gasteiger charge is 2.35. The molecule has 1 aromatic rings. The molecule has 2 unspecified atom stereocenters. The first-order chi connectivity index (χ1) is 7.98. The average Bonchev–Trinajstić information content (AvgIpc) is 2.75. The standard InChI is InChI=1S/C13H24N4/c1-10(2)8-17-12(15-9-16-17)7-13(14)5-4-11(3)6-13/h9-11H,4-8,14H2,1-3H3. The molecule has 1 saturated carbocycles. The lowest BCUT2D eigenvalue weighted by Crippen LogP contribution is -2.40. The van der Waals surface area contributed by atoms with Crippen molar-refractivity contribution in [2.45, 2.75) is 58.5 Å². The van der Waals surface area contributed by atoms with Crippen molar-refractivity contribution in [1.82, 2.24) is 14.8 Å². The van der Waals surface area contributed by atoms with Crippen molar-refractivity contribution >= 4 is 0 Å². The van der Waals surface area contributed by atoms with Crippen LogP contribution < -0.4 is 5.73 Å². The van der Waals surface area contributed by atoms with Crippen LogP contribution in [0.4, 0.5) is 0 Å². The molecule has 0 bridgehead atoms. The van der Waals surface area contributed by atoms with Crippen molar-refractivity contribution in [3.05, 3.63) is 12.2 Å². The van der Waals surface area contributed by atoms with Crippen LogP contribution in [0.15, 0.2) is 6.33 Å². The normalized spacial score (nSPS) is 29.1. The molecule has 0 amide bonds. The van der Waals surface area contributed by atoms with E-state index in [9.17, 15) is 0 Å². The van der Waals surface area contributed by atoms with E-state index < -0.39 is 0 Å². The summed E-state index contributed by atoms with van der Waals surface area (Å²) >= 11 is 0. The summed E-state index contributed by atoms with van der Waals surface area (Å²) in [6.45, 7) is 7.61. The van der Waals surface area contributed by atoms with Gasteiger partial charge in [-0.3, -0.25) is 0 Å². The van der Waals surface area contributed by atoms with Crippen LogP contribution in [-0.4, -0.2) is 20.3 Å². The smallest absolute Gasteiger partial charge is 0.138 e. The molecule has 1 fully saturated rings. The second kappa shape index (κ2) is 4.77. The number of rotatable bonds is 4. The fourth-order valence-electron chi connectivity index (χ4n) is 2.83. The molecule has 0 spiro atoms. The van der Waals surface area contributed by atoms with E-state index in [4.69, 9.17) is 5.73 Å². The summed E-state index contributed by atoms with van der Waals surface area (Å²) in [4.78, 5) is 4.37. The third-order valence-corrected chi connectivity index (χ3v) is 3.63. The van der Waals surface area contributed by atoms with Gasteiger partial charge in [-0.15, -0.1) is 0 Å². The summed E-state index contributed by atoms with van der Waals surface area (Å²) in [6, 6.07) is 0. The van der Waals surface area contributed by atoms with E-state index in [-0.39, 0.29) is 5.54 Å². The summed E-state index contributed by atoms with van der Waals surface area (Å²) in [5.74, 6) is 2.39. The van der Waals surface area contributed by atoms with Crippen molar-refractivity contribution in [3.63, 3.8) is 0 Å². The van der Waals surface area contributed by atoms with Crippen molar-refractivity contribution in [1.29, 1.82) is 0 Å². The van der Waals surface area contributed by atoms with Gasteiger partial charge in [0.05, 0.1) is 0 Å². The average molecular weight is 236 g/mol. The highest BCUT2D eigenvalue weighted by molar-refractivity contribution is 5.01. The summed E-state index contributed by atoms with van der Waals surface area (Å²) in [6.07, 6.45) is 5.99. The molecule has 2 N–H and O–H groups in total. The van der Waals surface area contributed by atoms with Crippen molar-refractivity contribution in [3.8, 4) is 0 Å². The van der Waals surface area contributed by atoms with Gasteiger partial charge in [0.15, 0.2) is 0 Å². The van der Waals surface area contributed by atoms with E-state index in [1.165, 1.54) is 6.42 Å². The molecule has 0 radical (unpaired) electrons. The first kappa shape index (κ1) is 12.6. The molecule has 1 heterocycles. The molecule has 2 atom stereocenters. The zero-order valence-electron chi connectivity index (χ0n) is 11.2. The Morgan fingerprint density at radius 1 is 1.59 bits per heavy atom. The summed E-state index contributed by atoms with van der Waals surface area (Å²) in [5.41, 5.74) is 6.40.